The second-order valence-corrected chi connectivity index (χ2v) is 4.86. The molecule has 0 amide bonds. The smallest absolute Gasteiger partial charge is 0.164 e. The van der Waals surface area contributed by atoms with Crippen LogP contribution >= 0.6 is 11.6 Å². The summed E-state index contributed by atoms with van der Waals surface area (Å²) >= 11 is 6.45. The zero-order valence-electron chi connectivity index (χ0n) is 10.9. The van der Waals surface area contributed by atoms with Crippen LogP contribution in [-0.4, -0.2) is 14.8 Å². The number of fused-ring (bicyclic) bond motifs is 1. The molecule has 0 spiro atoms. The highest BCUT2D eigenvalue weighted by molar-refractivity contribution is 6.36. The zero-order chi connectivity index (χ0) is 13.4. The molecule has 0 aliphatic rings. The Hall–Kier alpha value is -1.87. The SMILES string of the molecule is CCc1cnc2c(c(C)nn2-c2ccccc2)c1Cl. The highest BCUT2D eigenvalue weighted by Gasteiger charge is 2.15. The van der Waals surface area contributed by atoms with Gasteiger partial charge in [0, 0.05) is 6.20 Å². The summed E-state index contributed by atoms with van der Waals surface area (Å²) in [5.41, 5.74) is 3.77. The number of hydrogen-bond acceptors (Lipinski definition) is 2. The van der Waals surface area contributed by atoms with Gasteiger partial charge in [-0.2, -0.15) is 5.10 Å². The van der Waals surface area contributed by atoms with E-state index >= 15 is 0 Å². The summed E-state index contributed by atoms with van der Waals surface area (Å²) < 4.78 is 1.84. The van der Waals surface area contributed by atoms with Crippen LogP contribution < -0.4 is 0 Å². The highest BCUT2D eigenvalue weighted by Crippen LogP contribution is 2.29. The second-order valence-electron chi connectivity index (χ2n) is 4.48. The molecule has 2 heterocycles. The minimum atomic E-state index is 0.771. The molecule has 3 rings (SSSR count). The van der Waals surface area contributed by atoms with Crippen molar-refractivity contribution in [2.24, 2.45) is 0 Å². The van der Waals surface area contributed by atoms with Gasteiger partial charge in [-0.25, -0.2) is 9.67 Å². The Labute approximate surface area is 116 Å². The Morgan fingerprint density at radius 2 is 1.95 bits per heavy atom. The lowest BCUT2D eigenvalue weighted by Gasteiger charge is -2.04. The fraction of sp³-hybridized carbons (Fsp3) is 0.200. The summed E-state index contributed by atoms with van der Waals surface area (Å²) in [5, 5.41) is 6.29. The molecule has 0 bridgehead atoms. The van der Waals surface area contributed by atoms with Crippen LogP contribution in [0.25, 0.3) is 16.7 Å². The third kappa shape index (κ3) is 1.90. The fourth-order valence-corrected chi connectivity index (χ4v) is 2.65. The predicted molar refractivity (Wildman–Crippen MR) is 78.0 cm³/mol. The molecule has 0 radical (unpaired) electrons. The summed E-state index contributed by atoms with van der Waals surface area (Å²) in [4.78, 5) is 4.53. The third-order valence-electron chi connectivity index (χ3n) is 3.26. The predicted octanol–water partition coefficient (Wildman–Crippen LogP) is 3.94. The van der Waals surface area contributed by atoms with Crippen LogP contribution in [0.1, 0.15) is 18.2 Å². The number of halogens is 1. The summed E-state index contributed by atoms with van der Waals surface area (Å²) in [5.74, 6) is 0. The number of nitrogens with zero attached hydrogens (tertiary/aromatic N) is 3. The Kier molecular flexibility index (Phi) is 2.99. The van der Waals surface area contributed by atoms with Crippen molar-refractivity contribution in [2.75, 3.05) is 0 Å². The van der Waals surface area contributed by atoms with Gasteiger partial charge in [0.2, 0.25) is 0 Å². The van der Waals surface area contributed by atoms with Gasteiger partial charge < -0.3 is 0 Å². The van der Waals surface area contributed by atoms with Crippen LogP contribution in [-0.2, 0) is 6.42 Å². The lowest BCUT2D eigenvalue weighted by molar-refractivity contribution is 0.877. The number of benzene rings is 1. The van der Waals surface area contributed by atoms with Crippen LogP contribution in [0.3, 0.4) is 0 Å². The van der Waals surface area contributed by atoms with Crippen molar-refractivity contribution >= 4 is 22.6 Å². The maximum Gasteiger partial charge on any atom is 0.164 e. The molecule has 0 saturated heterocycles. The van der Waals surface area contributed by atoms with E-state index in [0.717, 1.165) is 39.4 Å². The van der Waals surface area contributed by atoms with E-state index in [4.69, 9.17) is 11.6 Å². The first-order valence-electron chi connectivity index (χ1n) is 6.30. The molecule has 2 aromatic heterocycles. The normalized spacial score (nSPS) is 11.1. The Bertz CT molecular complexity index is 732. The van der Waals surface area contributed by atoms with E-state index in [-0.39, 0.29) is 0 Å². The Balaban J connectivity index is 2.32. The molecule has 0 aliphatic heterocycles. The number of aromatic nitrogens is 3. The van der Waals surface area contributed by atoms with Gasteiger partial charge in [0.05, 0.1) is 21.8 Å². The van der Waals surface area contributed by atoms with Crippen LogP contribution in [0.2, 0.25) is 5.02 Å². The van der Waals surface area contributed by atoms with Crippen LogP contribution in [0.5, 0.6) is 0 Å². The molecule has 0 fully saturated rings. The first-order valence-corrected chi connectivity index (χ1v) is 6.68. The monoisotopic (exact) mass is 271 g/mol. The molecule has 96 valence electrons. The largest absolute Gasteiger partial charge is 0.236 e. The quantitative estimate of drug-likeness (QED) is 0.707. The minimum absolute atomic E-state index is 0.771. The van der Waals surface area contributed by atoms with Gasteiger partial charge in [-0.15, -0.1) is 0 Å². The van der Waals surface area contributed by atoms with Crippen molar-refractivity contribution in [2.45, 2.75) is 20.3 Å². The molecule has 4 heteroatoms. The molecule has 3 nitrogen and oxygen atoms in total. The minimum Gasteiger partial charge on any atom is -0.236 e. The van der Waals surface area contributed by atoms with Crippen LogP contribution in [0.15, 0.2) is 36.5 Å². The molecule has 0 aliphatic carbocycles. The Morgan fingerprint density at radius 3 is 2.63 bits per heavy atom. The average Bonchev–Trinajstić information content (AvgIpc) is 2.78. The van der Waals surface area contributed by atoms with Crippen molar-refractivity contribution in [3.05, 3.63) is 52.8 Å². The van der Waals surface area contributed by atoms with E-state index < -0.39 is 0 Å². The molecule has 0 unspecified atom stereocenters. The molecular weight excluding hydrogens is 258 g/mol. The molecule has 19 heavy (non-hydrogen) atoms. The van der Waals surface area contributed by atoms with Crippen molar-refractivity contribution in [3.63, 3.8) is 0 Å². The lowest BCUT2D eigenvalue weighted by atomic mass is 10.1. The van der Waals surface area contributed by atoms with Crippen molar-refractivity contribution < 1.29 is 0 Å². The summed E-state index contributed by atoms with van der Waals surface area (Å²) in [7, 11) is 0. The van der Waals surface area contributed by atoms with Crippen molar-refractivity contribution in [1.29, 1.82) is 0 Å². The van der Waals surface area contributed by atoms with E-state index in [9.17, 15) is 0 Å². The molecule has 0 N–H and O–H groups in total. The van der Waals surface area contributed by atoms with E-state index in [1.165, 1.54) is 0 Å². The Morgan fingerprint density at radius 1 is 1.21 bits per heavy atom. The number of rotatable bonds is 2. The molecule has 0 saturated carbocycles. The topological polar surface area (TPSA) is 30.7 Å². The van der Waals surface area contributed by atoms with Gasteiger partial charge in [-0.3, -0.25) is 0 Å². The van der Waals surface area contributed by atoms with E-state index in [2.05, 4.69) is 17.0 Å². The summed E-state index contributed by atoms with van der Waals surface area (Å²) in [6.07, 6.45) is 2.71. The average molecular weight is 272 g/mol. The van der Waals surface area contributed by atoms with Crippen molar-refractivity contribution in [1.82, 2.24) is 14.8 Å². The summed E-state index contributed by atoms with van der Waals surface area (Å²) in [6.45, 7) is 4.04. The van der Waals surface area contributed by atoms with Gasteiger partial charge in [0.1, 0.15) is 0 Å². The van der Waals surface area contributed by atoms with E-state index in [1.54, 1.807) is 0 Å². The van der Waals surface area contributed by atoms with Gasteiger partial charge >= 0.3 is 0 Å². The maximum absolute atomic E-state index is 6.45. The third-order valence-corrected chi connectivity index (χ3v) is 3.69. The van der Waals surface area contributed by atoms with Gasteiger partial charge in [-0.05, 0) is 31.0 Å². The second kappa shape index (κ2) is 4.67. The van der Waals surface area contributed by atoms with E-state index in [0.29, 0.717) is 0 Å². The summed E-state index contributed by atoms with van der Waals surface area (Å²) in [6, 6.07) is 9.97. The van der Waals surface area contributed by atoms with Gasteiger partial charge in [0.25, 0.3) is 0 Å². The van der Waals surface area contributed by atoms with Gasteiger partial charge in [0.15, 0.2) is 5.65 Å². The number of pyridine rings is 1. The van der Waals surface area contributed by atoms with Crippen molar-refractivity contribution in [3.8, 4) is 5.69 Å². The molecule has 1 aromatic carbocycles. The standard InChI is InChI=1S/C15H14ClN3/c1-3-11-9-17-15-13(14(11)16)10(2)18-19(15)12-7-5-4-6-8-12/h4-9H,3H2,1-2H3. The molecular formula is C15H14ClN3. The lowest BCUT2D eigenvalue weighted by Crippen LogP contribution is -1.97. The zero-order valence-corrected chi connectivity index (χ0v) is 11.6. The van der Waals surface area contributed by atoms with Crippen LogP contribution in [0, 0.1) is 6.92 Å². The number of hydrogen-bond donors (Lipinski definition) is 0. The highest BCUT2D eigenvalue weighted by atomic mass is 35.5. The molecule has 3 aromatic rings. The first kappa shape index (κ1) is 12.2. The van der Waals surface area contributed by atoms with Crippen LogP contribution in [0.4, 0.5) is 0 Å². The number of aryl methyl sites for hydroxylation is 2. The fourth-order valence-electron chi connectivity index (χ4n) is 2.24. The van der Waals surface area contributed by atoms with E-state index in [1.807, 2.05) is 48.1 Å². The maximum atomic E-state index is 6.45. The molecule has 0 atom stereocenters. The number of para-hydroxylation sites is 1. The van der Waals surface area contributed by atoms with Gasteiger partial charge in [-0.1, -0.05) is 36.7 Å². The first-order chi connectivity index (χ1) is 9.22.